The molecule has 1 fully saturated rings. The van der Waals surface area contributed by atoms with Gasteiger partial charge in [-0.25, -0.2) is 0 Å². The second kappa shape index (κ2) is 7.47. The van der Waals surface area contributed by atoms with E-state index in [-0.39, 0.29) is 0 Å². The Bertz CT molecular complexity index is 736. The van der Waals surface area contributed by atoms with Crippen LogP contribution in [0.25, 0.3) is 0 Å². The number of aromatic nitrogens is 2. The van der Waals surface area contributed by atoms with Gasteiger partial charge in [-0.1, -0.05) is 11.6 Å². The van der Waals surface area contributed by atoms with E-state index in [4.69, 9.17) is 21.6 Å². The van der Waals surface area contributed by atoms with Crippen molar-refractivity contribution in [2.75, 3.05) is 38.2 Å². The van der Waals surface area contributed by atoms with Crippen molar-refractivity contribution >= 4 is 17.4 Å². The standard InChI is InChI=1S/C17H18ClN5O/c1-24-16-4-2-14(18)10-13(16)12-22-6-8-23(9-7-22)17-5-3-15(11-19)20-21-17/h2-5,10H,6-9,12H2,1H3. The van der Waals surface area contributed by atoms with E-state index in [9.17, 15) is 0 Å². The minimum Gasteiger partial charge on any atom is -0.496 e. The lowest BCUT2D eigenvalue weighted by Crippen LogP contribution is -2.46. The van der Waals surface area contributed by atoms with Crippen molar-refractivity contribution in [2.45, 2.75) is 6.54 Å². The van der Waals surface area contributed by atoms with Crippen molar-refractivity contribution in [3.8, 4) is 11.8 Å². The summed E-state index contributed by atoms with van der Waals surface area (Å²) in [5, 5.41) is 17.5. The van der Waals surface area contributed by atoms with Crippen LogP contribution in [-0.4, -0.2) is 48.4 Å². The molecule has 0 N–H and O–H groups in total. The molecule has 0 spiro atoms. The Morgan fingerprint density at radius 1 is 1.17 bits per heavy atom. The summed E-state index contributed by atoms with van der Waals surface area (Å²) in [5.74, 6) is 1.67. The van der Waals surface area contributed by atoms with Crippen LogP contribution in [0.5, 0.6) is 5.75 Å². The van der Waals surface area contributed by atoms with Gasteiger partial charge in [-0.2, -0.15) is 5.26 Å². The fourth-order valence-corrected chi connectivity index (χ4v) is 2.99. The normalized spacial score (nSPS) is 15.1. The van der Waals surface area contributed by atoms with E-state index in [1.807, 2.05) is 30.3 Å². The Morgan fingerprint density at radius 2 is 1.96 bits per heavy atom. The maximum atomic E-state index is 8.78. The topological polar surface area (TPSA) is 65.3 Å². The second-order valence-electron chi connectivity index (χ2n) is 5.61. The van der Waals surface area contributed by atoms with Crippen LogP contribution in [0.15, 0.2) is 30.3 Å². The zero-order chi connectivity index (χ0) is 16.9. The van der Waals surface area contributed by atoms with Crippen LogP contribution in [0.4, 0.5) is 5.82 Å². The van der Waals surface area contributed by atoms with Crippen LogP contribution in [0.3, 0.4) is 0 Å². The van der Waals surface area contributed by atoms with Gasteiger partial charge in [-0.05, 0) is 30.3 Å². The van der Waals surface area contributed by atoms with E-state index in [1.54, 1.807) is 13.2 Å². The van der Waals surface area contributed by atoms with Gasteiger partial charge in [0.1, 0.15) is 11.8 Å². The first-order chi connectivity index (χ1) is 11.7. The van der Waals surface area contributed by atoms with Crippen LogP contribution in [0.2, 0.25) is 5.02 Å². The molecular weight excluding hydrogens is 326 g/mol. The minimum absolute atomic E-state index is 0.338. The number of hydrogen-bond donors (Lipinski definition) is 0. The molecule has 0 radical (unpaired) electrons. The average Bonchev–Trinajstić information content (AvgIpc) is 2.63. The third-order valence-corrected chi connectivity index (χ3v) is 4.33. The highest BCUT2D eigenvalue weighted by atomic mass is 35.5. The number of methoxy groups -OCH3 is 1. The lowest BCUT2D eigenvalue weighted by Gasteiger charge is -2.35. The Labute approximate surface area is 146 Å². The smallest absolute Gasteiger partial charge is 0.163 e. The summed E-state index contributed by atoms with van der Waals surface area (Å²) in [4.78, 5) is 4.54. The predicted octanol–water partition coefficient (Wildman–Crippen LogP) is 2.33. The average molecular weight is 344 g/mol. The molecule has 1 aromatic carbocycles. The van der Waals surface area contributed by atoms with E-state index >= 15 is 0 Å². The highest BCUT2D eigenvalue weighted by Crippen LogP contribution is 2.24. The first kappa shape index (κ1) is 16.5. The van der Waals surface area contributed by atoms with Crippen molar-refractivity contribution in [3.63, 3.8) is 0 Å². The van der Waals surface area contributed by atoms with E-state index in [2.05, 4.69) is 20.0 Å². The Morgan fingerprint density at radius 3 is 2.58 bits per heavy atom. The summed E-state index contributed by atoms with van der Waals surface area (Å²) in [5.41, 5.74) is 1.43. The Balaban J connectivity index is 1.61. The van der Waals surface area contributed by atoms with Gasteiger partial charge < -0.3 is 9.64 Å². The first-order valence-electron chi connectivity index (χ1n) is 7.73. The molecule has 1 aromatic heterocycles. The number of nitriles is 1. The molecule has 0 aliphatic carbocycles. The first-order valence-corrected chi connectivity index (χ1v) is 8.11. The van der Waals surface area contributed by atoms with Crippen LogP contribution >= 0.6 is 11.6 Å². The summed E-state index contributed by atoms with van der Waals surface area (Å²) in [6.45, 7) is 4.36. The monoisotopic (exact) mass is 343 g/mol. The van der Waals surface area contributed by atoms with Gasteiger partial charge in [0.2, 0.25) is 0 Å². The molecule has 0 unspecified atom stereocenters. The molecule has 3 rings (SSSR count). The molecule has 0 saturated carbocycles. The van der Waals surface area contributed by atoms with Crippen LogP contribution in [0, 0.1) is 11.3 Å². The zero-order valence-corrected chi connectivity index (χ0v) is 14.2. The highest BCUT2D eigenvalue weighted by Gasteiger charge is 2.19. The lowest BCUT2D eigenvalue weighted by atomic mass is 10.1. The van der Waals surface area contributed by atoms with Crippen molar-refractivity contribution in [1.29, 1.82) is 5.26 Å². The van der Waals surface area contributed by atoms with Gasteiger partial charge in [0.15, 0.2) is 11.5 Å². The number of anilines is 1. The molecule has 0 atom stereocenters. The van der Waals surface area contributed by atoms with Gasteiger partial charge in [0.05, 0.1) is 7.11 Å². The van der Waals surface area contributed by atoms with Gasteiger partial charge >= 0.3 is 0 Å². The van der Waals surface area contributed by atoms with Crippen LogP contribution < -0.4 is 9.64 Å². The molecule has 1 saturated heterocycles. The Hall–Kier alpha value is -2.36. The predicted molar refractivity (Wildman–Crippen MR) is 92.2 cm³/mol. The maximum Gasteiger partial charge on any atom is 0.163 e. The fraction of sp³-hybridized carbons (Fsp3) is 0.353. The van der Waals surface area contributed by atoms with E-state index in [1.165, 1.54) is 0 Å². The SMILES string of the molecule is COc1ccc(Cl)cc1CN1CCN(c2ccc(C#N)nn2)CC1. The summed E-state index contributed by atoms with van der Waals surface area (Å²) >= 11 is 6.10. The Kier molecular flexibility index (Phi) is 5.14. The van der Waals surface area contributed by atoms with Gasteiger partial charge in [-0.15, -0.1) is 10.2 Å². The molecule has 0 amide bonds. The minimum atomic E-state index is 0.338. The van der Waals surface area contributed by atoms with Gasteiger partial charge in [0.25, 0.3) is 0 Å². The van der Waals surface area contributed by atoms with E-state index < -0.39 is 0 Å². The number of benzene rings is 1. The molecule has 124 valence electrons. The lowest BCUT2D eigenvalue weighted by molar-refractivity contribution is 0.245. The number of piperazine rings is 1. The largest absolute Gasteiger partial charge is 0.496 e. The number of nitrogens with zero attached hydrogens (tertiary/aromatic N) is 5. The van der Waals surface area contributed by atoms with E-state index in [0.717, 1.165) is 54.9 Å². The third kappa shape index (κ3) is 3.75. The molecule has 1 aliphatic heterocycles. The number of rotatable bonds is 4. The highest BCUT2D eigenvalue weighted by molar-refractivity contribution is 6.30. The van der Waals surface area contributed by atoms with Crippen LogP contribution in [0.1, 0.15) is 11.3 Å². The zero-order valence-electron chi connectivity index (χ0n) is 13.4. The van der Waals surface area contributed by atoms with Crippen molar-refractivity contribution in [2.24, 2.45) is 0 Å². The molecule has 2 heterocycles. The summed E-state index contributed by atoms with van der Waals surface area (Å²) < 4.78 is 5.41. The molecule has 0 bridgehead atoms. The van der Waals surface area contributed by atoms with Crippen molar-refractivity contribution in [3.05, 3.63) is 46.6 Å². The molecule has 24 heavy (non-hydrogen) atoms. The van der Waals surface area contributed by atoms with Gasteiger partial charge in [-0.3, -0.25) is 4.90 Å². The summed E-state index contributed by atoms with van der Waals surface area (Å²) in [7, 11) is 1.67. The number of ether oxygens (including phenoxy) is 1. The maximum absolute atomic E-state index is 8.78. The molecule has 1 aliphatic rings. The second-order valence-corrected chi connectivity index (χ2v) is 6.04. The van der Waals surface area contributed by atoms with Crippen molar-refractivity contribution < 1.29 is 4.74 Å². The van der Waals surface area contributed by atoms with E-state index in [0.29, 0.717) is 5.69 Å². The molecular formula is C17H18ClN5O. The fourth-order valence-electron chi connectivity index (χ4n) is 2.80. The molecule has 7 heteroatoms. The van der Waals surface area contributed by atoms with Crippen LogP contribution in [-0.2, 0) is 6.54 Å². The van der Waals surface area contributed by atoms with Crippen molar-refractivity contribution in [1.82, 2.24) is 15.1 Å². The quantitative estimate of drug-likeness (QED) is 0.849. The molecule has 2 aromatic rings. The summed E-state index contributed by atoms with van der Waals surface area (Å²) in [6.07, 6.45) is 0. The summed E-state index contributed by atoms with van der Waals surface area (Å²) in [6, 6.07) is 11.2. The number of halogens is 1. The number of hydrogen-bond acceptors (Lipinski definition) is 6. The third-order valence-electron chi connectivity index (χ3n) is 4.10. The van der Waals surface area contributed by atoms with Gasteiger partial charge in [0, 0.05) is 43.3 Å². The molecule has 6 nitrogen and oxygen atoms in total.